The fraction of sp³-hybridized carbons (Fsp3) is 0.571. The standard InChI is InChI=1S/C14H20BrFO/c1-14(2,3)17-9-8-11(10-15)12-6-4-5-7-13(12)16/h4-7,11H,8-10H2,1-3H3. The quantitative estimate of drug-likeness (QED) is 0.727. The van der Waals surface area contributed by atoms with Crippen molar-refractivity contribution in [1.29, 1.82) is 0 Å². The lowest BCUT2D eigenvalue weighted by molar-refractivity contribution is -0.00566. The second-order valence-corrected chi connectivity index (χ2v) is 5.77. The molecule has 0 fully saturated rings. The summed E-state index contributed by atoms with van der Waals surface area (Å²) in [6.45, 7) is 6.73. The number of halogens is 2. The van der Waals surface area contributed by atoms with Crippen LogP contribution in [0.4, 0.5) is 4.39 Å². The summed E-state index contributed by atoms with van der Waals surface area (Å²) in [6.07, 6.45) is 0.823. The van der Waals surface area contributed by atoms with E-state index >= 15 is 0 Å². The largest absolute Gasteiger partial charge is 0.376 e. The van der Waals surface area contributed by atoms with Crippen molar-refractivity contribution in [3.05, 3.63) is 35.6 Å². The van der Waals surface area contributed by atoms with Crippen LogP contribution in [0.3, 0.4) is 0 Å². The fourth-order valence-corrected chi connectivity index (χ4v) is 2.30. The van der Waals surface area contributed by atoms with Crippen molar-refractivity contribution < 1.29 is 9.13 Å². The predicted molar refractivity (Wildman–Crippen MR) is 73.3 cm³/mol. The van der Waals surface area contributed by atoms with E-state index in [-0.39, 0.29) is 17.3 Å². The van der Waals surface area contributed by atoms with Gasteiger partial charge in [-0.3, -0.25) is 0 Å². The normalized spacial score (nSPS) is 13.7. The highest BCUT2D eigenvalue weighted by molar-refractivity contribution is 9.09. The van der Waals surface area contributed by atoms with Crippen LogP contribution in [0.5, 0.6) is 0 Å². The van der Waals surface area contributed by atoms with E-state index in [0.717, 1.165) is 17.3 Å². The van der Waals surface area contributed by atoms with E-state index in [1.54, 1.807) is 6.07 Å². The van der Waals surface area contributed by atoms with Crippen LogP contribution in [0.2, 0.25) is 0 Å². The molecule has 0 aliphatic rings. The van der Waals surface area contributed by atoms with Gasteiger partial charge < -0.3 is 4.74 Å². The Bertz CT molecular complexity index is 346. The number of ether oxygens (including phenoxy) is 1. The Morgan fingerprint density at radius 3 is 2.47 bits per heavy atom. The number of hydrogen-bond acceptors (Lipinski definition) is 1. The molecule has 0 saturated heterocycles. The van der Waals surface area contributed by atoms with Crippen LogP contribution >= 0.6 is 15.9 Å². The minimum absolute atomic E-state index is 0.132. The summed E-state index contributed by atoms with van der Waals surface area (Å²) in [6, 6.07) is 6.95. The van der Waals surface area contributed by atoms with Crippen LogP contribution < -0.4 is 0 Å². The first-order valence-corrected chi connectivity index (χ1v) is 7.00. The van der Waals surface area contributed by atoms with Crippen LogP contribution in [0.25, 0.3) is 0 Å². The monoisotopic (exact) mass is 302 g/mol. The Kier molecular flexibility index (Phi) is 5.60. The van der Waals surface area contributed by atoms with E-state index in [0.29, 0.717) is 6.61 Å². The zero-order chi connectivity index (χ0) is 12.9. The van der Waals surface area contributed by atoms with Crippen LogP contribution in [0, 0.1) is 5.82 Å². The average molecular weight is 303 g/mol. The minimum Gasteiger partial charge on any atom is -0.376 e. The van der Waals surface area contributed by atoms with Crippen molar-refractivity contribution in [3.63, 3.8) is 0 Å². The van der Waals surface area contributed by atoms with Gasteiger partial charge in [0, 0.05) is 11.9 Å². The smallest absolute Gasteiger partial charge is 0.126 e. The SMILES string of the molecule is CC(C)(C)OCCC(CBr)c1ccccc1F. The molecule has 0 N–H and O–H groups in total. The third-order valence-electron chi connectivity index (χ3n) is 2.53. The first kappa shape index (κ1) is 14.7. The maximum Gasteiger partial charge on any atom is 0.126 e. The van der Waals surface area contributed by atoms with E-state index in [9.17, 15) is 4.39 Å². The molecule has 0 amide bonds. The van der Waals surface area contributed by atoms with Gasteiger partial charge in [-0.25, -0.2) is 4.39 Å². The zero-order valence-corrected chi connectivity index (χ0v) is 12.3. The van der Waals surface area contributed by atoms with Gasteiger partial charge in [0.2, 0.25) is 0 Å². The van der Waals surface area contributed by atoms with Gasteiger partial charge in [-0.2, -0.15) is 0 Å². The molecule has 1 nitrogen and oxygen atoms in total. The molecule has 0 aliphatic carbocycles. The van der Waals surface area contributed by atoms with Gasteiger partial charge in [-0.15, -0.1) is 0 Å². The van der Waals surface area contributed by atoms with Gasteiger partial charge in [0.25, 0.3) is 0 Å². The summed E-state index contributed by atoms with van der Waals surface area (Å²) in [7, 11) is 0. The Hall–Kier alpha value is -0.410. The number of benzene rings is 1. The van der Waals surface area contributed by atoms with E-state index < -0.39 is 0 Å². The maximum atomic E-state index is 13.6. The fourth-order valence-electron chi connectivity index (χ4n) is 1.63. The van der Waals surface area contributed by atoms with E-state index in [2.05, 4.69) is 15.9 Å². The number of hydrogen-bond donors (Lipinski definition) is 0. The molecule has 1 aromatic rings. The van der Waals surface area contributed by atoms with E-state index in [1.807, 2.05) is 32.9 Å². The van der Waals surface area contributed by atoms with Gasteiger partial charge >= 0.3 is 0 Å². The number of alkyl halides is 1. The molecular formula is C14H20BrFO. The van der Waals surface area contributed by atoms with Crippen molar-refractivity contribution in [2.45, 2.75) is 38.7 Å². The van der Waals surface area contributed by atoms with Gasteiger partial charge in [-0.05, 0) is 44.7 Å². The maximum absolute atomic E-state index is 13.6. The summed E-state index contributed by atoms with van der Waals surface area (Å²) >= 11 is 3.45. The molecule has 0 aromatic heterocycles. The predicted octanol–water partition coefficient (Wildman–Crippen LogP) is 4.51. The summed E-state index contributed by atoms with van der Waals surface area (Å²) in [5.74, 6) is 0.0336. The van der Waals surface area contributed by atoms with Gasteiger partial charge in [0.05, 0.1) is 5.60 Å². The molecule has 0 radical (unpaired) electrons. The van der Waals surface area contributed by atoms with E-state index in [1.165, 1.54) is 6.07 Å². The van der Waals surface area contributed by atoms with Crippen LogP contribution in [0.15, 0.2) is 24.3 Å². The van der Waals surface area contributed by atoms with Gasteiger partial charge in [0.15, 0.2) is 0 Å². The second kappa shape index (κ2) is 6.50. The molecule has 1 unspecified atom stereocenters. The molecule has 1 atom stereocenters. The molecular weight excluding hydrogens is 283 g/mol. The lowest BCUT2D eigenvalue weighted by Gasteiger charge is -2.22. The molecule has 0 aliphatic heterocycles. The molecule has 1 rings (SSSR count). The lowest BCUT2D eigenvalue weighted by atomic mass is 9.97. The number of rotatable bonds is 5. The highest BCUT2D eigenvalue weighted by Crippen LogP contribution is 2.25. The highest BCUT2D eigenvalue weighted by Gasteiger charge is 2.16. The van der Waals surface area contributed by atoms with Crippen molar-refractivity contribution in [2.24, 2.45) is 0 Å². The topological polar surface area (TPSA) is 9.23 Å². The summed E-state index contributed by atoms with van der Waals surface area (Å²) < 4.78 is 19.3. The third kappa shape index (κ3) is 5.17. The summed E-state index contributed by atoms with van der Waals surface area (Å²) in [5.41, 5.74) is 0.633. The first-order chi connectivity index (χ1) is 7.94. The molecule has 17 heavy (non-hydrogen) atoms. The second-order valence-electron chi connectivity index (χ2n) is 5.12. The van der Waals surface area contributed by atoms with Crippen molar-refractivity contribution in [3.8, 4) is 0 Å². The molecule has 96 valence electrons. The van der Waals surface area contributed by atoms with Crippen molar-refractivity contribution in [2.75, 3.05) is 11.9 Å². The summed E-state index contributed by atoms with van der Waals surface area (Å²) in [4.78, 5) is 0. The first-order valence-electron chi connectivity index (χ1n) is 5.88. The Labute approximate surface area is 111 Å². The highest BCUT2D eigenvalue weighted by atomic mass is 79.9. The molecule has 1 aromatic carbocycles. The van der Waals surface area contributed by atoms with Crippen molar-refractivity contribution in [1.82, 2.24) is 0 Å². The summed E-state index contributed by atoms with van der Waals surface area (Å²) in [5, 5.41) is 0.751. The lowest BCUT2D eigenvalue weighted by Crippen LogP contribution is -2.21. The van der Waals surface area contributed by atoms with Crippen LogP contribution in [-0.4, -0.2) is 17.5 Å². The van der Waals surface area contributed by atoms with E-state index in [4.69, 9.17) is 4.74 Å². The van der Waals surface area contributed by atoms with Crippen molar-refractivity contribution >= 4 is 15.9 Å². The molecule has 0 saturated carbocycles. The zero-order valence-electron chi connectivity index (χ0n) is 10.7. The van der Waals surface area contributed by atoms with Crippen LogP contribution in [0.1, 0.15) is 38.7 Å². The molecule has 3 heteroatoms. The Balaban J connectivity index is 2.58. The van der Waals surface area contributed by atoms with Gasteiger partial charge in [-0.1, -0.05) is 34.1 Å². The minimum atomic E-state index is -0.133. The van der Waals surface area contributed by atoms with Crippen LogP contribution in [-0.2, 0) is 4.74 Å². The molecule has 0 spiro atoms. The molecule has 0 bridgehead atoms. The third-order valence-corrected chi connectivity index (χ3v) is 3.31. The Morgan fingerprint density at radius 2 is 1.94 bits per heavy atom. The Morgan fingerprint density at radius 1 is 1.29 bits per heavy atom. The molecule has 0 heterocycles. The van der Waals surface area contributed by atoms with Gasteiger partial charge in [0.1, 0.15) is 5.82 Å². The average Bonchev–Trinajstić information content (AvgIpc) is 2.24.